The summed E-state index contributed by atoms with van der Waals surface area (Å²) in [4.78, 5) is 0. The highest BCUT2D eigenvalue weighted by Gasteiger charge is 2.08. The molecule has 0 saturated heterocycles. The van der Waals surface area contributed by atoms with Crippen LogP contribution in [0.2, 0.25) is 0 Å². The Morgan fingerprint density at radius 2 is 2.21 bits per heavy atom. The van der Waals surface area contributed by atoms with Crippen LogP contribution in [0.25, 0.3) is 0 Å². The molecule has 2 aromatic rings. The molecule has 0 aliphatic rings. The fraction of sp³-hybridized carbons (Fsp3) is 0.167. The van der Waals surface area contributed by atoms with Crippen molar-refractivity contribution in [1.82, 2.24) is 14.9 Å². The third-order valence-corrected chi connectivity index (χ3v) is 2.25. The zero-order valence-electron chi connectivity index (χ0n) is 10.2. The molecule has 7 nitrogen and oxygen atoms in total. The number of rotatable bonds is 5. The number of hydrogen-bond donors (Lipinski definition) is 0. The molecule has 0 atom stereocenters. The Morgan fingerprint density at radius 3 is 2.89 bits per heavy atom. The molecule has 1 heterocycles. The van der Waals surface area contributed by atoms with Gasteiger partial charge in [0, 0.05) is 5.56 Å². The van der Waals surface area contributed by atoms with Gasteiger partial charge in [-0.2, -0.15) is 10.4 Å². The topological polar surface area (TPSA) is 85.3 Å². The maximum atomic E-state index is 8.59. The van der Waals surface area contributed by atoms with Gasteiger partial charge in [0.1, 0.15) is 18.7 Å². The first kappa shape index (κ1) is 12.6. The van der Waals surface area contributed by atoms with Crippen molar-refractivity contribution in [3.05, 3.63) is 36.4 Å². The van der Waals surface area contributed by atoms with Crippen molar-refractivity contribution in [2.45, 2.75) is 0 Å². The first-order valence-electron chi connectivity index (χ1n) is 5.41. The lowest BCUT2D eigenvalue weighted by Crippen LogP contribution is -2.00. The number of hydrogen-bond acceptors (Lipinski definition) is 6. The SMILES string of the molecule is COc1cccc(C=Nn2cnnc2)c1OCC#N. The fourth-order valence-electron chi connectivity index (χ4n) is 1.44. The maximum Gasteiger partial charge on any atom is 0.174 e. The number of benzene rings is 1. The zero-order chi connectivity index (χ0) is 13.5. The second-order valence-corrected chi connectivity index (χ2v) is 3.41. The van der Waals surface area contributed by atoms with Gasteiger partial charge in [0.2, 0.25) is 0 Å². The fourth-order valence-corrected chi connectivity index (χ4v) is 1.44. The molecule has 0 aliphatic heterocycles. The first-order chi connectivity index (χ1) is 9.35. The maximum absolute atomic E-state index is 8.59. The van der Waals surface area contributed by atoms with Gasteiger partial charge in [-0.25, -0.2) is 4.68 Å². The summed E-state index contributed by atoms with van der Waals surface area (Å²) in [6.07, 6.45) is 4.51. The molecule has 96 valence electrons. The number of nitrogens with zero attached hydrogens (tertiary/aromatic N) is 5. The van der Waals surface area contributed by atoms with Crippen LogP contribution in [-0.4, -0.2) is 34.8 Å². The van der Waals surface area contributed by atoms with Crippen molar-refractivity contribution >= 4 is 6.21 Å². The van der Waals surface area contributed by atoms with E-state index in [4.69, 9.17) is 14.7 Å². The molecule has 0 bridgehead atoms. The number of nitriles is 1. The van der Waals surface area contributed by atoms with Gasteiger partial charge in [-0.1, -0.05) is 6.07 Å². The van der Waals surface area contributed by atoms with E-state index in [1.807, 2.05) is 18.2 Å². The van der Waals surface area contributed by atoms with Gasteiger partial charge >= 0.3 is 0 Å². The third kappa shape index (κ3) is 3.07. The van der Waals surface area contributed by atoms with Crippen LogP contribution in [-0.2, 0) is 0 Å². The Bertz CT molecular complexity index is 601. The van der Waals surface area contributed by atoms with Crippen LogP contribution in [0.3, 0.4) is 0 Å². The zero-order valence-corrected chi connectivity index (χ0v) is 10.2. The molecule has 1 aromatic heterocycles. The van der Waals surface area contributed by atoms with Crippen LogP contribution in [0.4, 0.5) is 0 Å². The average Bonchev–Trinajstić information content (AvgIpc) is 2.96. The highest BCUT2D eigenvalue weighted by molar-refractivity contribution is 5.85. The Hall–Kier alpha value is -2.88. The molecule has 0 spiro atoms. The summed E-state index contributed by atoms with van der Waals surface area (Å²) < 4.78 is 12.0. The molecule has 0 radical (unpaired) electrons. The van der Waals surface area contributed by atoms with Crippen molar-refractivity contribution in [3.63, 3.8) is 0 Å². The van der Waals surface area contributed by atoms with Crippen molar-refractivity contribution in [2.24, 2.45) is 5.10 Å². The number of ether oxygens (including phenoxy) is 2. The molecule has 0 aliphatic carbocycles. The monoisotopic (exact) mass is 257 g/mol. The van der Waals surface area contributed by atoms with E-state index in [0.717, 1.165) is 0 Å². The summed E-state index contributed by atoms with van der Waals surface area (Å²) in [5.74, 6) is 1.02. The summed E-state index contributed by atoms with van der Waals surface area (Å²) in [6, 6.07) is 7.29. The summed E-state index contributed by atoms with van der Waals surface area (Å²) in [6.45, 7) is -0.0617. The van der Waals surface area contributed by atoms with Gasteiger partial charge in [-0.05, 0) is 12.1 Å². The third-order valence-electron chi connectivity index (χ3n) is 2.25. The highest BCUT2D eigenvalue weighted by atomic mass is 16.5. The second kappa shape index (κ2) is 6.16. The van der Waals surface area contributed by atoms with Crippen LogP contribution >= 0.6 is 0 Å². The number of methoxy groups -OCH3 is 1. The lowest BCUT2D eigenvalue weighted by atomic mass is 10.2. The van der Waals surface area contributed by atoms with E-state index in [1.165, 1.54) is 24.4 Å². The minimum absolute atomic E-state index is 0.0617. The van der Waals surface area contributed by atoms with Gasteiger partial charge in [0.05, 0.1) is 13.3 Å². The van der Waals surface area contributed by atoms with Gasteiger partial charge in [0.25, 0.3) is 0 Å². The molecule has 7 heteroatoms. The predicted molar refractivity (Wildman–Crippen MR) is 67.1 cm³/mol. The van der Waals surface area contributed by atoms with E-state index >= 15 is 0 Å². The first-order valence-corrected chi connectivity index (χ1v) is 5.41. The largest absolute Gasteiger partial charge is 0.493 e. The molecular weight excluding hydrogens is 246 g/mol. The van der Waals surface area contributed by atoms with E-state index in [1.54, 1.807) is 12.3 Å². The standard InChI is InChI=1S/C12H11N5O2/c1-18-11-4-2-3-10(12(11)19-6-5-13)7-16-17-8-14-15-9-17/h2-4,7-9H,6H2,1H3. The molecule has 19 heavy (non-hydrogen) atoms. The molecule has 1 aromatic carbocycles. The molecular formula is C12H11N5O2. The minimum Gasteiger partial charge on any atom is -0.493 e. The number of para-hydroxylation sites is 1. The van der Waals surface area contributed by atoms with Crippen molar-refractivity contribution in [2.75, 3.05) is 13.7 Å². The molecule has 0 amide bonds. The molecule has 0 fully saturated rings. The molecule has 0 N–H and O–H groups in total. The smallest absolute Gasteiger partial charge is 0.174 e. The van der Waals surface area contributed by atoms with E-state index < -0.39 is 0 Å². The van der Waals surface area contributed by atoms with Gasteiger partial charge in [-0.3, -0.25) is 0 Å². The normalized spacial score (nSPS) is 10.3. The summed E-state index contributed by atoms with van der Waals surface area (Å²) in [7, 11) is 1.54. The number of aromatic nitrogens is 3. The molecule has 2 rings (SSSR count). The lowest BCUT2D eigenvalue weighted by molar-refractivity contribution is 0.329. The van der Waals surface area contributed by atoms with Crippen LogP contribution in [0, 0.1) is 11.3 Å². The van der Waals surface area contributed by atoms with Crippen LogP contribution in [0.1, 0.15) is 5.56 Å². The van der Waals surface area contributed by atoms with Gasteiger partial charge in [0.15, 0.2) is 18.1 Å². The van der Waals surface area contributed by atoms with E-state index in [0.29, 0.717) is 17.1 Å². The Kier molecular flexibility index (Phi) is 4.08. The van der Waals surface area contributed by atoms with Crippen molar-refractivity contribution in [1.29, 1.82) is 5.26 Å². The van der Waals surface area contributed by atoms with E-state index in [9.17, 15) is 0 Å². The molecule has 0 saturated carbocycles. The van der Waals surface area contributed by atoms with Gasteiger partial charge in [-0.15, -0.1) is 10.2 Å². The predicted octanol–water partition coefficient (Wildman–Crippen LogP) is 1.07. The summed E-state index contributed by atoms with van der Waals surface area (Å²) in [5, 5.41) is 20.0. The quantitative estimate of drug-likeness (QED) is 0.748. The highest BCUT2D eigenvalue weighted by Crippen LogP contribution is 2.29. The Morgan fingerprint density at radius 1 is 1.42 bits per heavy atom. The Balaban J connectivity index is 2.30. The van der Waals surface area contributed by atoms with Gasteiger partial charge < -0.3 is 9.47 Å². The second-order valence-electron chi connectivity index (χ2n) is 3.41. The van der Waals surface area contributed by atoms with Crippen molar-refractivity contribution < 1.29 is 9.47 Å². The van der Waals surface area contributed by atoms with Crippen LogP contribution in [0.15, 0.2) is 36.0 Å². The Labute approximate surface area is 109 Å². The summed E-state index contributed by atoms with van der Waals surface area (Å²) >= 11 is 0. The molecule has 0 unspecified atom stereocenters. The van der Waals surface area contributed by atoms with Crippen LogP contribution in [0.5, 0.6) is 11.5 Å². The van der Waals surface area contributed by atoms with Crippen LogP contribution < -0.4 is 9.47 Å². The summed E-state index contributed by atoms with van der Waals surface area (Å²) in [5.41, 5.74) is 0.698. The van der Waals surface area contributed by atoms with Crippen molar-refractivity contribution in [3.8, 4) is 17.6 Å². The van der Waals surface area contributed by atoms with E-state index in [-0.39, 0.29) is 6.61 Å². The minimum atomic E-state index is -0.0617. The lowest BCUT2D eigenvalue weighted by Gasteiger charge is -2.10. The average molecular weight is 257 g/mol. The van der Waals surface area contributed by atoms with E-state index in [2.05, 4.69) is 15.3 Å².